The van der Waals surface area contributed by atoms with Crippen LogP contribution in [-0.4, -0.2) is 15.7 Å². The molecule has 1 aromatic heterocycles. The molecule has 0 spiro atoms. The molecule has 2 aromatic carbocycles. The first-order valence-electron chi connectivity index (χ1n) is 9.00. The smallest absolute Gasteiger partial charge is 0.251 e. The van der Waals surface area contributed by atoms with Crippen molar-refractivity contribution in [1.29, 1.82) is 0 Å². The van der Waals surface area contributed by atoms with Crippen LogP contribution >= 0.6 is 0 Å². The Balaban J connectivity index is 1.84. The molecule has 0 aliphatic carbocycles. The number of allylic oxidation sites excluding steroid dienone is 1. The van der Waals surface area contributed by atoms with Gasteiger partial charge < -0.3 is 5.32 Å². The number of aromatic nitrogens is 2. The molecular weight excluding hydrogens is 353 g/mol. The maximum Gasteiger partial charge on any atom is 0.251 e. The normalized spacial score (nSPS) is 11.3. The number of hydrogen-bond acceptors (Lipinski definition) is 2. The topological polar surface area (TPSA) is 46.9 Å². The van der Waals surface area contributed by atoms with Gasteiger partial charge in [0.2, 0.25) is 0 Å². The predicted molar refractivity (Wildman–Crippen MR) is 110 cm³/mol. The Morgan fingerprint density at radius 2 is 1.86 bits per heavy atom. The lowest BCUT2D eigenvalue weighted by Gasteiger charge is -2.10. The van der Waals surface area contributed by atoms with Gasteiger partial charge in [-0.05, 0) is 49.8 Å². The Hall–Kier alpha value is -3.47. The van der Waals surface area contributed by atoms with Gasteiger partial charge in [-0.2, -0.15) is 5.10 Å². The molecule has 0 bridgehead atoms. The molecule has 3 rings (SSSR count). The molecule has 0 aliphatic heterocycles. The minimum atomic E-state index is -0.319. The second kappa shape index (κ2) is 8.48. The number of hydrogen-bond donors (Lipinski definition) is 1. The van der Waals surface area contributed by atoms with Crippen molar-refractivity contribution in [3.8, 4) is 5.69 Å². The van der Waals surface area contributed by atoms with E-state index in [4.69, 9.17) is 0 Å². The van der Waals surface area contributed by atoms with Gasteiger partial charge in [-0.3, -0.25) is 4.79 Å². The molecule has 0 aliphatic rings. The summed E-state index contributed by atoms with van der Waals surface area (Å²) in [5.74, 6) is -0.509. The van der Waals surface area contributed by atoms with Crippen molar-refractivity contribution in [1.82, 2.24) is 15.1 Å². The van der Waals surface area contributed by atoms with Crippen LogP contribution in [0.1, 0.15) is 29.3 Å². The number of benzene rings is 2. The fourth-order valence-corrected chi connectivity index (χ4v) is 2.94. The van der Waals surface area contributed by atoms with Crippen molar-refractivity contribution in [2.24, 2.45) is 0 Å². The maximum absolute atomic E-state index is 13.2. The minimum Gasteiger partial charge on any atom is -0.348 e. The zero-order valence-corrected chi connectivity index (χ0v) is 15.9. The monoisotopic (exact) mass is 375 g/mol. The molecular formula is C23H22FN3O. The highest BCUT2D eigenvalue weighted by Crippen LogP contribution is 2.23. The summed E-state index contributed by atoms with van der Waals surface area (Å²) in [4.78, 5) is 12.8. The molecule has 1 heterocycles. The van der Waals surface area contributed by atoms with Crippen LogP contribution in [0.4, 0.5) is 4.39 Å². The number of aryl methyl sites for hydroxylation is 1. The molecule has 142 valence electrons. The van der Waals surface area contributed by atoms with Crippen LogP contribution in [0.2, 0.25) is 0 Å². The average Bonchev–Trinajstić information content (AvgIpc) is 3.12. The Labute approximate surface area is 164 Å². The van der Waals surface area contributed by atoms with E-state index in [-0.39, 0.29) is 11.7 Å². The standard InChI is InChI=1S/C23H22FN3O/c1-4-20(23(28)25-14-17-8-6-16(3)7-9-17)21-15-26-27(22(21)5-2)19-12-10-18(24)11-13-19/h4-13,15H,2,14H2,1,3H3,(H,25,28)/b20-4+. The van der Waals surface area contributed by atoms with Crippen LogP contribution in [0, 0.1) is 12.7 Å². The first kappa shape index (κ1) is 19.3. The Morgan fingerprint density at radius 1 is 1.18 bits per heavy atom. The predicted octanol–water partition coefficient (Wildman–Crippen LogP) is 4.68. The number of amides is 1. The largest absolute Gasteiger partial charge is 0.348 e. The SMILES string of the molecule is C=Cc1c(/C(=C\C)C(=O)NCc2ccc(C)cc2)cnn1-c1ccc(F)cc1. The summed E-state index contributed by atoms with van der Waals surface area (Å²) in [6, 6.07) is 14.0. The van der Waals surface area contributed by atoms with Crippen LogP contribution < -0.4 is 5.32 Å². The third-order valence-corrected chi connectivity index (χ3v) is 4.47. The summed E-state index contributed by atoms with van der Waals surface area (Å²) in [7, 11) is 0. The summed E-state index contributed by atoms with van der Waals surface area (Å²) in [6.07, 6.45) is 5.02. The highest BCUT2D eigenvalue weighted by molar-refractivity contribution is 6.20. The van der Waals surface area contributed by atoms with Gasteiger partial charge in [-0.1, -0.05) is 42.5 Å². The molecule has 5 heteroatoms. The third-order valence-electron chi connectivity index (χ3n) is 4.47. The number of rotatable bonds is 6. The van der Waals surface area contributed by atoms with E-state index in [1.807, 2.05) is 38.1 Å². The van der Waals surface area contributed by atoms with Gasteiger partial charge in [0.1, 0.15) is 5.82 Å². The molecule has 0 unspecified atom stereocenters. The highest BCUT2D eigenvalue weighted by atomic mass is 19.1. The number of carbonyl (C=O) groups is 1. The average molecular weight is 375 g/mol. The Bertz CT molecular complexity index is 1020. The summed E-state index contributed by atoms with van der Waals surface area (Å²) >= 11 is 0. The van der Waals surface area contributed by atoms with Gasteiger partial charge in [0, 0.05) is 17.7 Å². The van der Waals surface area contributed by atoms with Crippen LogP contribution in [0.25, 0.3) is 17.3 Å². The van der Waals surface area contributed by atoms with E-state index >= 15 is 0 Å². The van der Waals surface area contributed by atoms with Crippen molar-refractivity contribution in [3.63, 3.8) is 0 Å². The number of halogens is 1. The molecule has 28 heavy (non-hydrogen) atoms. The van der Waals surface area contributed by atoms with Crippen LogP contribution in [-0.2, 0) is 11.3 Å². The van der Waals surface area contributed by atoms with Crippen molar-refractivity contribution in [2.75, 3.05) is 0 Å². The zero-order valence-electron chi connectivity index (χ0n) is 15.9. The van der Waals surface area contributed by atoms with E-state index in [0.717, 1.165) is 5.56 Å². The fraction of sp³-hybridized carbons (Fsp3) is 0.130. The molecule has 0 saturated carbocycles. The van der Waals surface area contributed by atoms with E-state index in [2.05, 4.69) is 17.0 Å². The van der Waals surface area contributed by atoms with Gasteiger partial charge in [0.15, 0.2) is 0 Å². The quantitative estimate of drug-likeness (QED) is 0.636. The van der Waals surface area contributed by atoms with Crippen molar-refractivity contribution >= 4 is 17.6 Å². The second-order valence-corrected chi connectivity index (χ2v) is 6.41. The van der Waals surface area contributed by atoms with Crippen molar-refractivity contribution in [2.45, 2.75) is 20.4 Å². The van der Waals surface area contributed by atoms with Gasteiger partial charge in [0.05, 0.1) is 17.6 Å². The zero-order chi connectivity index (χ0) is 20.1. The number of nitrogens with zero attached hydrogens (tertiary/aromatic N) is 2. The van der Waals surface area contributed by atoms with Crippen LogP contribution in [0.5, 0.6) is 0 Å². The number of carbonyl (C=O) groups excluding carboxylic acids is 1. The first-order valence-corrected chi connectivity index (χ1v) is 9.00. The van der Waals surface area contributed by atoms with Crippen molar-refractivity contribution < 1.29 is 9.18 Å². The lowest BCUT2D eigenvalue weighted by Crippen LogP contribution is -2.24. The van der Waals surface area contributed by atoms with Crippen molar-refractivity contribution in [3.05, 3.63) is 95.6 Å². The maximum atomic E-state index is 13.2. The molecule has 3 aromatic rings. The van der Waals surface area contributed by atoms with E-state index in [1.54, 1.807) is 35.2 Å². The first-order chi connectivity index (χ1) is 13.5. The minimum absolute atomic E-state index is 0.190. The highest BCUT2D eigenvalue weighted by Gasteiger charge is 2.18. The second-order valence-electron chi connectivity index (χ2n) is 6.41. The Morgan fingerprint density at radius 3 is 2.46 bits per heavy atom. The molecule has 1 N–H and O–H groups in total. The number of nitrogens with one attached hydrogen (secondary N) is 1. The van der Waals surface area contributed by atoms with Gasteiger partial charge in [-0.15, -0.1) is 0 Å². The summed E-state index contributed by atoms with van der Waals surface area (Å²) in [6.45, 7) is 8.12. The third kappa shape index (κ3) is 4.09. The molecule has 0 fully saturated rings. The lowest BCUT2D eigenvalue weighted by molar-refractivity contribution is -0.115. The molecule has 0 radical (unpaired) electrons. The lowest BCUT2D eigenvalue weighted by atomic mass is 10.0. The molecule has 0 saturated heterocycles. The van der Waals surface area contributed by atoms with Gasteiger partial charge >= 0.3 is 0 Å². The molecule has 0 atom stereocenters. The van der Waals surface area contributed by atoms with Gasteiger partial charge in [-0.25, -0.2) is 9.07 Å². The van der Waals surface area contributed by atoms with Gasteiger partial charge in [0.25, 0.3) is 5.91 Å². The van der Waals surface area contributed by atoms with E-state index in [1.165, 1.54) is 17.7 Å². The molecule has 4 nitrogen and oxygen atoms in total. The summed E-state index contributed by atoms with van der Waals surface area (Å²) in [5, 5.41) is 7.32. The van der Waals surface area contributed by atoms with Crippen LogP contribution in [0.15, 0.2) is 67.4 Å². The fourth-order valence-electron chi connectivity index (χ4n) is 2.94. The van der Waals surface area contributed by atoms with E-state index < -0.39 is 0 Å². The molecule has 1 amide bonds. The summed E-state index contributed by atoms with van der Waals surface area (Å²) < 4.78 is 14.9. The van der Waals surface area contributed by atoms with E-state index in [9.17, 15) is 9.18 Å². The summed E-state index contributed by atoms with van der Waals surface area (Å²) in [5.41, 5.74) is 4.75. The van der Waals surface area contributed by atoms with Crippen LogP contribution in [0.3, 0.4) is 0 Å². The van der Waals surface area contributed by atoms with E-state index in [0.29, 0.717) is 29.1 Å². The Kier molecular flexibility index (Phi) is 5.84.